The molecule has 1 atom stereocenters. The number of hydrogen-bond acceptors (Lipinski definition) is 6. The van der Waals surface area contributed by atoms with Crippen LogP contribution >= 0.6 is 0 Å². The Bertz CT molecular complexity index is 605. The van der Waals surface area contributed by atoms with Gasteiger partial charge in [0.2, 0.25) is 0 Å². The molecule has 0 radical (unpaired) electrons. The lowest BCUT2D eigenvalue weighted by molar-refractivity contribution is 0.280. The van der Waals surface area contributed by atoms with Gasteiger partial charge in [0.1, 0.15) is 17.6 Å². The highest BCUT2D eigenvalue weighted by molar-refractivity contribution is 5.39. The van der Waals surface area contributed by atoms with Crippen molar-refractivity contribution < 1.29 is 9.84 Å². The van der Waals surface area contributed by atoms with Gasteiger partial charge in [-0.05, 0) is 24.1 Å². The minimum atomic E-state index is -0.0943. The predicted octanol–water partition coefficient (Wildman–Crippen LogP) is 1.89. The summed E-state index contributed by atoms with van der Waals surface area (Å²) >= 11 is 0. The zero-order valence-corrected chi connectivity index (χ0v) is 11.7. The third-order valence-corrected chi connectivity index (χ3v) is 3.02. The minimum Gasteiger partial charge on any atom is -0.497 e. The first-order chi connectivity index (χ1) is 10.3. The SMILES string of the molecule is COc1ccc(C(CCO)Nc2cnc(C#N)cn2)cc1. The van der Waals surface area contributed by atoms with E-state index in [1.807, 2.05) is 30.3 Å². The van der Waals surface area contributed by atoms with Crippen molar-refractivity contribution in [2.45, 2.75) is 12.5 Å². The van der Waals surface area contributed by atoms with E-state index in [4.69, 9.17) is 10.00 Å². The first-order valence-corrected chi connectivity index (χ1v) is 6.50. The molecular formula is C15H16N4O2. The summed E-state index contributed by atoms with van der Waals surface area (Å²) < 4.78 is 5.13. The van der Waals surface area contributed by atoms with Crippen LogP contribution in [0, 0.1) is 11.3 Å². The second kappa shape index (κ2) is 7.22. The van der Waals surface area contributed by atoms with Crippen LogP contribution in [0.4, 0.5) is 5.82 Å². The molecule has 0 bridgehead atoms. The fraction of sp³-hybridized carbons (Fsp3) is 0.267. The molecule has 1 aromatic carbocycles. The number of methoxy groups -OCH3 is 1. The molecule has 2 N–H and O–H groups in total. The first-order valence-electron chi connectivity index (χ1n) is 6.50. The topological polar surface area (TPSA) is 91.1 Å². The van der Waals surface area contributed by atoms with Gasteiger partial charge < -0.3 is 15.2 Å². The largest absolute Gasteiger partial charge is 0.497 e. The molecule has 21 heavy (non-hydrogen) atoms. The Kier molecular flexibility index (Phi) is 5.07. The van der Waals surface area contributed by atoms with Crippen molar-refractivity contribution in [1.29, 1.82) is 5.26 Å². The van der Waals surface area contributed by atoms with E-state index in [-0.39, 0.29) is 18.3 Å². The van der Waals surface area contributed by atoms with E-state index in [0.717, 1.165) is 11.3 Å². The van der Waals surface area contributed by atoms with Crippen LogP contribution in [0.25, 0.3) is 0 Å². The Labute approximate surface area is 123 Å². The molecule has 0 aliphatic carbocycles. The van der Waals surface area contributed by atoms with Gasteiger partial charge in [-0.3, -0.25) is 0 Å². The van der Waals surface area contributed by atoms with Crippen LogP contribution in [0.15, 0.2) is 36.7 Å². The van der Waals surface area contributed by atoms with Gasteiger partial charge in [-0.1, -0.05) is 12.1 Å². The van der Waals surface area contributed by atoms with E-state index < -0.39 is 0 Å². The second-order valence-corrected chi connectivity index (χ2v) is 4.38. The average molecular weight is 284 g/mol. The summed E-state index contributed by atoms with van der Waals surface area (Å²) in [4.78, 5) is 8.09. The summed E-state index contributed by atoms with van der Waals surface area (Å²) in [6, 6.07) is 9.43. The number of ether oxygens (including phenoxy) is 1. The van der Waals surface area contributed by atoms with Crippen LogP contribution in [-0.4, -0.2) is 28.8 Å². The summed E-state index contributed by atoms with van der Waals surface area (Å²) in [5.41, 5.74) is 1.28. The Hall–Kier alpha value is -2.65. The smallest absolute Gasteiger partial charge is 0.158 e. The van der Waals surface area contributed by atoms with E-state index in [1.165, 1.54) is 12.4 Å². The number of rotatable bonds is 6. The lowest BCUT2D eigenvalue weighted by atomic mass is 10.0. The van der Waals surface area contributed by atoms with Crippen molar-refractivity contribution >= 4 is 5.82 Å². The van der Waals surface area contributed by atoms with Gasteiger partial charge in [0, 0.05) is 6.61 Å². The molecule has 1 heterocycles. The summed E-state index contributed by atoms with van der Waals surface area (Å²) in [6.07, 6.45) is 3.45. The molecule has 0 aliphatic rings. The maximum atomic E-state index is 9.22. The molecule has 1 aromatic heterocycles. The highest BCUT2D eigenvalue weighted by Gasteiger charge is 2.12. The number of aromatic nitrogens is 2. The molecule has 2 rings (SSSR count). The zero-order chi connectivity index (χ0) is 15.1. The molecule has 0 spiro atoms. The minimum absolute atomic E-state index is 0.0490. The number of hydrogen-bond donors (Lipinski definition) is 2. The van der Waals surface area contributed by atoms with Gasteiger partial charge in [-0.2, -0.15) is 5.26 Å². The van der Waals surface area contributed by atoms with Crippen molar-refractivity contribution in [1.82, 2.24) is 9.97 Å². The molecule has 0 saturated carbocycles. The van der Waals surface area contributed by atoms with Gasteiger partial charge in [0.25, 0.3) is 0 Å². The van der Waals surface area contributed by atoms with Crippen molar-refractivity contribution in [3.05, 3.63) is 47.9 Å². The standard InChI is InChI=1S/C15H16N4O2/c1-21-13-4-2-11(3-5-13)14(6-7-20)19-15-10-17-12(8-16)9-18-15/h2-5,9-10,14,20H,6-7H2,1H3,(H,18,19). The number of anilines is 1. The van der Waals surface area contributed by atoms with E-state index in [0.29, 0.717) is 12.2 Å². The number of nitrogens with one attached hydrogen (secondary N) is 1. The number of aliphatic hydroxyl groups is 1. The van der Waals surface area contributed by atoms with Crippen molar-refractivity contribution in [2.24, 2.45) is 0 Å². The predicted molar refractivity (Wildman–Crippen MR) is 77.8 cm³/mol. The molecule has 1 unspecified atom stereocenters. The molecular weight excluding hydrogens is 268 g/mol. The van der Waals surface area contributed by atoms with E-state index >= 15 is 0 Å². The third-order valence-electron chi connectivity index (χ3n) is 3.02. The zero-order valence-electron chi connectivity index (χ0n) is 11.7. The lowest BCUT2D eigenvalue weighted by Gasteiger charge is -2.19. The molecule has 0 saturated heterocycles. The van der Waals surface area contributed by atoms with Gasteiger partial charge in [0.15, 0.2) is 5.69 Å². The van der Waals surface area contributed by atoms with Gasteiger partial charge in [-0.25, -0.2) is 9.97 Å². The van der Waals surface area contributed by atoms with Crippen molar-refractivity contribution in [3.63, 3.8) is 0 Å². The molecule has 108 valence electrons. The van der Waals surface area contributed by atoms with Crippen LogP contribution in [0.3, 0.4) is 0 Å². The summed E-state index contributed by atoms with van der Waals surface area (Å²) in [5.74, 6) is 1.34. The van der Waals surface area contributed by atoms with Crippen LogP contribution < -0.4 is 10.1 Å². The molecule has 0 fully saturated rings. The van der Waals surface area contributed by atoms with Crippen molar-refractivity contribution in [2.75, 3.05) is 19.0 Å². The number of nitrogens with zero attached hydrogens (tertiary/aromatic N) is 3. The Morgan fingerprint density at radius 3 is 2.57 bits per heavy atom. The van der Waals surface area contributed by atoms with Gasteiger partial charge in [-0.15, -0.1) is 0 Å². The first kappa shape index (κ1) is 14.8. The van der Waals surface area contributed by atoms with Gasteiger partial charge in [0.05, 0.1) is 25.5 Å². The number of aliphatic hydroxyl groups excluding tert-OH is 1. The van der Waals surface area contributed by atoms with E-state index in [9.17, 15) is 5.11 Å². The van der Waals surface area contributed by atoms with Crippen LogP contribution in [0.5, 0.6) is 5.75 Å². The monoisotopic (exact) mass is 284 g/mol. The molecule has 0 aliphatic heterocycles. The van der Waals surface area contributed by atoms with E-state index in [1.54, 1.807) is 7.11 Å². The Morgan fingerprint density at radius 1 is 1.29 bits per heavy atom. The fourth-order valence-electron chi connectivity index (χ4n) is 1.93. The molecule has 6 heteroatoms. The van der Waals surface area contributed by atoms with Gasteiger partial charge >= 0.3 is 0 Å². The second-order valence-electron chi connectivity index (χ2n) is 4.38. The third kappa shape index (κ3) is 3.91. The average Bonchev–Trinajstić information content (AvgIpc) is 2.55. The summed E-state index contributed by atoms with van der Waals surface area (Å²) in [5, 5.41) is 21.1. The van der Waals surface area contributed by atoms with Crippen LogP contribution in [0.2, 0.25) is 0 Å². The van der Waals surface area contributed by atoms with Crippen LogP contribution in [0.1, 0.15) is 23.7 Å². The Balaban J connectivity index is 2.15. The summed E-state index contributed by atoms with van der Waals surface area (Å²) in [6.45, 7) is 0.0490. The number of nitriles is 1. The van der Waals surface area contributed by atoms with Crippen molar-refractivity contribution in [3.8, 4) is 11.8 Å². The Morgan fingerprint density at radius 2 is 2.05 bits per heavy atom. The van der Waals surface area contributed by atoms with E-state index in [2.05, 4.69) is 15.3 Å². The molecule has 0 amide bonds. The van der Waals surface area contributed by atoms with Crippen LogP contribution in [-0.2, 0) is 0 Å². The molecule has 2 aromatic rings. The normalized spacial score (nSPS) is 11.5. The maximum absolute atomic E-state index is 9.22. The fourth-order valence-corrected chi connectivity index (χ4v) is 1.93. The number of benzene rings is 1. The molecule has 6 nitrogen and oxygen atoms in total. The summed E-state index contributed by atoms with van der Waals surface area (Å²) in [7, 11) is 1.62. The highest BCUT2D eigenvalue weighted by atomic mass is 16.5. The maximum Gasteiger partial charge on any atom is 0.158 e. The lowest BCUT2D eigenvalue weighted by Crippen LogP contribution is -2.13. The highest BCUT2D eigenvalue weighted by Crippen LogP contribution is 2.23. The quantitative estimate of drug-likeness (QED) is 0.841.